The Hall–Kier alpha value is -3.41. The van der Waals surface area contributed by atoms with Gasteiger partial charge in [0.15, 0.2) is 5.78 Å². The molecule has 0 saturated carbocycles. The Bertz CT molecular complexity index is 1550. The lowest BCUT2D eigenvalue weighted by Gasteiger charge is -2.39. The minimum atomic E-state index is -0.0247. The molecule has 0 radical (unpaired) electrons. The van der Waals surface area contributed by atoms with Crippen molar-refractivity contribution in [3.05, 3.63) is 106 Å². The topological polar surface area (TPSA) is 54.3 Å². The monoisotopic (exact) mass is 581 g/mol. The van der Waals surface area contributed by atoms with Crippen molar-refractivity contribution >= 4 is 34.2 Å². The van der Waals surface area contributed by atoms with Crippen LogP contribution in [0, 0.1) is 5.92 Å². The van der Waals surface area contributed by atoms with Crippen molar-refractivity contribution in [1.29, 1.82) is 0 Å². The van der Waals surface area contributed by atoms with Crippen molar-refractivity contribution in [1.82, 2.24) is 14.8 Å². The van der Waals surface area contributed by atoms with Crippen LogP contribution in [0.15, 0.2) is 79.0 Å². The molecule has 6 rings (SSSR count). The highest BCUT2D eigenvalue weighted by atomic mass is 35.5. The Morgan fingerprint density at radius 1 is 0.929 bits per heavy atom. The van der Waals surface area contributed by atoms with Gasteiger partial charge >= 0.3 is 0 Å². The van der Waals surface area contributed by atoms with Crippen LogP contribution in [0.2, 0.25) is 5.02 Å². The molecular weight excluding hydrogens is 542 g/mol. The van der Waals surface area contributed by atoms with E-state index >= 15 is 0 Å². The van der Waals surface area contributed by atoms with Gasteiger partial charge in [-0.15, -0.1) is 0 Å². The molecule has 1 amide bonds. The van der Waals surface area contributed by atoms with Gasteiger partial charge in [-0.2, -0.15) is 0 Å². The molecule has 2 unspecified atom stereocenters. The van der Waals surface area contributed by atoms with E-state index in [0.717, 1.165) is 60.8 Å². The van der Waals surface area contributed by atoms with Crippen LogP contribution >= 0.6 is 11.6 Å². The number of nitrogens with zero attached hydrogens (tertiary/aromatic N) is 2. The Morgan fingerprint density at radius 2 is 1.69 bits per heavy atom. The van der Waals surface area contributed by atoms with Crippen molar-refractivity contribution in [3.63, 3.8) is 0 Å². The third-order valence-electron chi connectivity index (χ3n) is 9.32. The van der Waals surface area contributed by atoms with Gasteiger partial charge in [-0.25, -0.2) is 0 Å². The number of hydrogen-bond acceptors (Lipinski definition) is 3. The zero-order chi connectivity index (χ0) is 29.1. The van der Waals surface area contributed by atoms with Crippen LogP contribution in [0.25, 0.3) is 10.9 Å². The third-order valence-corrected chi connectivity index (χ3v) is 9.56. The standard InChI is InChI=1S/C36H40ClN3O2/c1-2-27-11-7-14-32-33(36(42)38-23-25-9-4-3-5-10-25)24-39(35(27)32)17-8-18-40-30-15-16-31(40)20-26(19-30)21-34(41)28-12-6-13-29(37)22-28/h3-7,9-14,22,24,26,30-31H,2,8,15-21,23H2,1H3,(H,38,42)/t26?,30-,31?/m1/s1. The molecule has 6 heteroatoms. The van der Waals surface area contributed by atoms with Crippen LogP contribution in [-0.2, 0) is 19.5 Å². The summed E-state index contributed by atoms with van der Waals surface area (Å²) in [7, 11) is 0. The number of carbonyl (C=O) groups is 2. The number of carbonyl (C=O) groups excluding carboxylic acids is 2. The molecule has 2 aliphatic heterocycles. The van der Waals surface area contributed by atoms with E-state index in [2.05, 4.69) is 46.1 Å². The minimum absolute atomic E-state index is 0.0247. The van der Waals surface area contributed by atoms with E-state index in [1.54, 1.807) is 6.07 Å². The molecule has 2 aliphatic rings. The van der Waals surface area contributed by atoms with E-state index in [9.17, 15) is 9.59 Å². The number of rotatable bonds is 11. The summed E-state index contributed by atoms with van der Waals surface area (Å²) in [5, 5.41) is 4.78. The highest BCUT2D eigenvalue weighted by Crippen LogP contribution is 2.40. The van der Waals surface area contributed by atoms with E-state index in [1.807, 2.05) is 48.5 Å². The number of benzene rings is 3. The average Bonchev–Trinajstić information content (AvgIpc) is 3.49. The fraction of sp³-hybridized carbons (Fsp3) is 0.389. The van der Waals surface area contributed by atoms with Gasteiger partial charge in [0.1, 0.15) is 0 Å². The van der Waals surface area contributed by atoms with Gasteiger partial charge in [-0.3, -0.25) is 14.5 Å². The molecule has 3 atom stereocenters. The molecule has 0 aliphatic carbocycles. The van der Waals surface area contributed by atoms with Crippen molar-refractivity contribution in [2.75, 3.05) is 6.54 Å². The summed E-state index contributed by atoms with van der Waals surface area (Å²) < 4.78 is 2.31. The molecule has 5 nitrogen and oxygen atoms in total. The van der Waals surface area contributed by atoms with E-state index in [4.69, 9.17) is 11.6 Å². The van der Waals surface area contributed by atoms with Crippen molar-refractivity contribution in [3.8, 4) is 0 Å². The molecule has 1 aromatic heterocycles. The number of Topliss-reactive ketones (excluding diaryl/α,β-unsaturated/α-hetero) is 1. The quantitative estimate of drug-likeness (QED) is 0.185. The first-order valence-corrected chi connectivity index (χ1v) is 15.8. The van der Waals surface area contributed by atoms with Gasteiger partial charge in [-0.05, 0) is 67.7 Å². The number of para-hydroxylation sites is 1. The maximum absolute atomic E-state index is 13.3. The number of halogens is 1. The third kappa shape index (κ3) is 6.18. The van der Waals surface area contributed by atoms with Crippen LogP contribution in [0.1, 0.15) is 77.3 Å². The first kappa shape index (κ1) is 28.7. The minimum Gasteiger partial charge on any atom is -0.348 e. The molecule has 2 bridgehead atoms. The lowest BCUT2D eigenvalue weighted by Crippen LogP contribution is -2.43. The highest BCUT2D eigenvalue weighted by molar-refractivity contribution is 6.31. The summed E-state index contributed by atoms with van der Waals surface area (Å²) in [5.41, 5.74) is 5.04. The Morgan fingerprint density at radius 3 is 2.43 bits per heavy atom. The van der Waals surface area contributed by atoms with Gasteiger partial charge in [0, 0.05) is 60.3 Å². The molecule has 42 heavy (non-hydrogen) atoms. The summed E-state index contributed by atoms with van der Waals surface area (Å²) in [5.74, 6) is 0.635. The first-order valence-electron chi connectivity index (χ1n) is 15.5. The van der Waals surface area contributed by atoms with Gasteiger partial charge in [0.05, 0.1) is 11.1 Å². The van der Waals surface area contributed by atoms with Crippen LogP contribution in [0.5, 0.6) is 0 Å². The van der Waals surface area contributed by atoms with Crippen molar-refractivity contribution in [2.45, 2.75) is 77.0 Å². The van der Waals surface area contributed by atoms with Crippen LogP contribution < -0.4 is 5.32 Å². The molecular formula is C36H40ClN3O2. The second-order valence-electron chi connectivity index (χ2n) is 12.0. The van der Waals surface area contributed by atoms with E-state index in [0.29, 0.717) is 36.0 Å². The smallest absolute Gasteiger partial charge is 0.253 e. The predicted octanol–water partition coefficient (Wildman–Crippen LogP) is 7.69. The Labute approximate surface area is 253 Å². The lowest BCUT2D eigenvalue weighted by atomic mass is 9.85. The van der Waals surface area contributed by atoms with E-state index in [1.165, 1.54) is 23.9 Å². The summed E-state index contributed by atoms with van der Waals surface area (Å²) in [4.78, 5) is 28.9. The number of ketones is 1. The number of hydrogen-bond donors (Lipinski definition) is 1. The zero-order valence-corrected chi connectivity index (χ0v) is 25.2. The zero-order valence-electron chi connectivity index (χ0n) is 24.4. The van der Waals surface area contributed by atoms with Crippen LogP contribution in [-0.4, -0.2) is 39.8 Å². The lowest BCUT2D eigenvalue weighted by molar-refractivity contribution is 0.0807. The second-order valence-corrected chi connectivity index (χ2v) is 12.5. The number of aryl methyl sites for hydroxylation is 2. The van der Waals surface area contributed by atoms with Crippen LogP contribution in [0.3, 0.4) is 0 Å². The first-order chi connectivity index (χ1) is 20.5. The fourth-order valence-corrected chi connectivity index (χ4v) is 7.53. The number of amides is 1. The van der Waals surface area contributed by atoms with Crippen LogP contribution in [0.4, 0.5) is 0 Å². The number of aromatic nitrogens is 1. The SMILES string of the molecule is CCc1cccc2c(C(=O)NCc3ccccc3)cn(CCCN3C4CC[C@@H]3CC(CC(=O)c3cccc(Cl)c3)C4)c12. The Kier molecular flexibility index (Phi) is 8.78. The van der Waals surface area contributed by atoms with Gasteiger partial charge in [0.2, 0.25) is 0 Å². The molecule has 3 heterocycles. The molecule has 1 N–H and O–H groups in total. The summed E-state index contributed by atoms with van der Waals surface area (Å²) in [6.45, 7) is 4.63. The summed E-state index contributed by atoms with van der Waals surface area (Å²) in [6, 6.07) is 24.9. The van der Waals surface area contributed by atoms with Crippen molar-refractivity contribution in [2.24, 2.45) is 5.92 Å². The molecule has 2 saturated heterocycles. The van der Waals surface area contributed by atoms with Gasteiger partial charge in [-0.1, -0.05) is 79.2 Å². The number of nitrogens with one attached hydrogen (secondary N) is 1. The van der Waals surface area contributed by atoms with Gasteiger partial charge < -0.3 is 9.88 Å². The Balaban J connectivity index is 1.09. The normalized spacial score (nSPS) is 20.2. The summed E-state index contributed by atoms with van der Waals surface area (Å²) in [6.07, 6.45) is 9.29. The summed E-state index contributed by atoms with van der Waals surface area (Å²) >= 11 is 6.12. The molecule has 3 aromatic carbocycles. The second kappa shape index (κ2) is 12.8. The maximum Gasteiger partial charge on any atom is 0.253 e. The van der Waals surface area contributed by atoms with Crippen molar-refractivity contribution < 1.29 is 9.59 Å². The van der Waals surface area contributed by atoms with Gasteiger partial charge in [0.25, 0.3) is 5.91 Å². The van der Waals surface area contributed by atoms with E-state index in [-0.39, 0.29) is 11.7 Å². The number of piperidine rings is 1. The molecule has 218 valence electrons. The highest BCUT2D eigenvalue weighted by Gasteiger charge is 2.40. The average molecular weight is 582 g/mol. The molecule has 0 spiro atoms. The maximum atomic E-state index is 13.3. The van der Waals surface area contributed by atoms with E-state index < -0.39 is 0 Å². The largest absolute Gasteiger partial charge is 0.348 e. The predicted molar refractivity (Wildman–Crippen MR) is 170 cm³/mol. The fourth-order valence-electron chi connectivity index (χ4n) is 7.34. The molecule has 4 aromatic rings. The number of fused-ring (bicyclic) bond motifs is 3. The molecule has 2 fully saturated rings.